The van der Waals surface area contributed by atoms with Gasteiger partial charge < -0.3 is 15.8 Å². The quantitative estimate of drug-likeness (QED) is 0.538. The normalized spacial score (nSPS) is 11.7. The van der Waals surface area contributed by atoms with Crippen molar-refractivity contribution in [3.63, 3.8) is 0 Å². The fraction of sp³-hybridized carbons (Fsp3) is 0.150. The fourth-order valence-electron chi connectivity index (χ4n) is 2.60. The van der Waals surface area contributed by atoms with Crippen LogP contribution < -0.4 is 11.1 Å². The van der Waals surface area contributed by atoms with Gasteiger partial charge in [-0.2, -0.15) is 0 Å². The molecule has 0 saturated heterocycles. The molecule has 0 fully saturated rings. The molecule has 0 bridgehead atoms. The molecule has 0 radical (unpaired) electrons. The zero-order valence-electron chi connectivity index (χ0n) is 15.1. The maximum Gasteiger partial charge on any atom is 0.312 e. The summed E-state index contributed by atoms with van der Waals surface area (Å²) in [7, 11) is 0. The first kappa shape index (κ1) is 20.8. The van der Waals surface area contributed by atoms with Gasteiger partial charge in [0.15, 0.2) is 0 Å². The standard InChI is InChI=1S/C20H17ClFN3O3S/c21-14-5-1-12(2-6-14)17(25-20(23)27)9-18(26)28-10-16-11-29-19(24-16)13-3-7-15(22)8-4-13/h1-8,11,17H,9-10H2,(H3,23,25,27)/t17-/m1/s1. The van der Waals surface area contributed by atoms with Crippen molar-refractivity contribution in [2.75, 3.05) is 0 Å². The first-order chi connectivity index (χ1) is 13.9. The van der Waals surface area contributed by atoms with Gasteiger partial charge in [0.05, 0.1) is 18.2 Å². The van der Waals surface area contributed by atoms with Gasteiger partial charge in [-0.1, -0.05) is 23.7 Å². The predicted octanol–water partition coefficient (Wildman–Crippen LogP) is 4.45. The zero-order valence-corrected chi connectivity index (χ0v) is 16.7. The molecule has 0 spiro atoms. The number of nitrogens with zero attached hydrogens (tertiary/aromatic N) is 1. The number of primary amides is 1. The summed E-state index contributed by atoms with van der Waals surface area (Å²) in [6.45, 7) is -0.0135. The van der Waals surface area contributed by atoms with Crippen LogP contribution in [0.1, 0.15) is 23.7 Å². The Bertz CT molecular complexity index is 993. The van der Waals surface area contributed by atoms with Crippen molar-refractivity contribution < 1.29 is 18.7 Å². The number of nitrogens with two attached hydrogens (primary N) is 1. The van der Waals surface area contributed by atoms with E-state index in [0.717, 1.165) is 5.56 Å². The number of rotatable bonds is 7. The molecule has 1 atom stereocenters. The Morgan fingerprint density at radius 1 is 1.17 bits per heavy atom. The Hall–Kier alpha value is -2.97. The van der Waals surface area contributed by atoms with Crippen LogP contribution in [0.5, 0.6) is 0 Å². The second-order valence-corrected chi connectivity index (χ2v) is 7.42. The minimum Gasteiger partial charge on any atom is -0.459 e. The number of nitrogens with one attached hydrogen (secondary N) is 1. The molecule has 3 rings (SSSR count). The smallest absolute Gasteiger partial charge is 0.312 e. The highest BCUT2D eigenvalue weighted by molar-refractivity contribution is 7.13. The molecule has 0 aliphatic rings. The van der Waals surface area contributed by atoms with Gasteiger partial charge in [-0.05, 0) is 42.0 Å². The van der Waals surface area contributed by atoms with Crippen LogP contribution in [-0.2, 0) is 16.1 Å². The molecule has 6 nitrogen and oxygen atoms in total. The van der Waals surface area contributed by atoms with E-state index >= 15 is 0 Å². The molecule has 0 aliphatic carbocycles. The van der Waals surface area contributed by atoms with Crippen molar-refractivity contribution >= 4 is 34.9 Å². The van der Waals surface area contributed by atoms with Crippen LogP contribution in [0.2, 0.25) is 5.02 Å². The van der Waals surface area contributed by atoms with Gasteiger partial charge in [0.2, 0.25) is 0 Å². The highest BCUT2D eigenvalue weighted by Crippen LogP contribution is 2.25. The first-order valence-electron chi connectivity index (χ1n) is 8.58. The summed E-state index contributed by atoms with van der Waals surface area (Å²) < 4.78 is 18.3. The van der Waals surface area contributed by atoms with Crippen LogP contribution in [-0.4, -0.2) is 17.0 Å². The predicted molar refractivity (Wildman–Crippen MR) is 109 cm³/mol. The summed E-state index contributed by atoms with van der Waals surface area (Å²) in [4.78, 5) is 27.9. The average molecular weight is 434 g/mol. The van der Waals surface area contributed by atoms with Crippen LogP contribution >= 0.6 is 22.9 Å². The monoisotopic (exact) mass is 433 g/mol. The molecule has 2 aromatic carbocycles. The van der Waals surface area contributed by atoms with Crippen LogP contribution in [0.25, 0.3) is 10.6 Å². The lowest BCUT2D eigenvalue weighted by Gasteiger charge is -2.17. The third-order valence-electron chi connectivity index (χ3n) is 3.98. The summed E-state index contributed by atoms with van der Waals surface area (Å²) >= 11 is 7.24. The van der Waals surface area contributed by atoms with E-state index in [1.165, 1.54) is 23.5 Å². The largest absolute Gasteiger partial charge is 0.459 e. The van der Waals surface area contributed by atoms with Crippen LogP contribution in [0.3, 0.4) is 0 Å². The van der Waals surface area contributed by atoms with Crippen molar-refractivity contribution in [3.8, 4) is 10.6 Å². The highest BCUT2D eigenvalue weighted by Gasteiger charge is 2.19. The molecule has 9 heteroatoms. The van der Waals surface area contributed by atoms with Crippen molar-refractivity contribution in [1.29, 1.82) is 0 Å². The molecule has 1 aromatic heterocycles. The van der Waals surface area contributed by atoms with E-state index in [1.807, 2.05) is 0 Å². The molecule has 0 aliphatic heterocycles. The van der Waals surface area contributed by atoms with E-state index in [0.29, 0.717) is 21.3 Å². The Balaban J connectivity index is 1.59. The lowest BCUT2D eigenvalue weighted by Crippen LogP contribution is -2.34. The van der Waals surface area contributed by atoms with Gasteiger partial charge in [0.25, 0.3) is 0 Å². The number of amides is 2. The second-order valence-electron chi connectivity index (χ2n) is 6.13. The van der Waals surface area contributed by atoms with Gasteiger partial charge >= 0.3 is 12.0 Å². The van der Waals surface area contributed by atoms with E-state index in [1.54, 1.807) is 41.8 Å². The van der Waals surface area contributed by atoms with Crippen LogP contribution in [0.15, 0.2) is 53.9 Å². The van der Waals surface area contributed by atoms with Gasteiger partial charge in [0.1, 0.15) is 17.4 Å². The topological polar surface area (TPSA) is 94.3 Å². The molecule has 150 valence electrons. The number of thiazole rings is 1. The van der Waals surface area contributed by atoms with Crippen molar-refractivity contribution in [1.82, 2.24) is 10.3 Å². The van der Waals surface area contributed by atoms with E-state index in [-0.39, 0.29) is 18.8 Å². The molecule has 0 unspecified atom stereocenters. The third-order valence-corrected chi connectivity index (χ3v) is 5.18. The van der Waals surface area contributed by atoms with Crippen molar-refractivity contribution in [3.05, 3.63) is 76.0 Å². The van der Waals surface area contributed by atoms with Crippen molar-refractivity contribution in [2.24, 2.45) is 5.73 Å². The fourth-order valence-corrected chi connectivity index (χ4v) is 3.53. The Morgan fingerprint density at radius 3 is 2.52 bits per heavy atom. The van der Waals surface area contributed by atoms with E-state index < -0.39 is 18.0 Å². The zero-order chi connectivity index (χ0) is 20.8. The highest BCUT2D eigenvalue weighted by atomic mass is 35.5. The number of aromatic nitrogens is 1. The summed E-state index contributed by atoms with van der Waals surface area (Å²) in [5, 5.41) is 5.53. The number of urea groups is 1. The summed E-state index contributed by atoms with van der Waals surface area (Å²) in [6, 6.07) is 11.3. The molecular formula is C20H17ClFN3O3S. The molecule has 1 heterocycles. The minimum atomic E-state index is -0.749. The Kier molecular flexibility index (Phi) is 6.79. The molecule has 2 amide bonds. The number of benzene rings is 2. The van der Waals surface area contributed by atoms with Crippen molar-refractivity contribution in [2.45, 2.75) is 19.1 Å². The van der Waals surface area contributed by atoms with Gasteiger partial charge in [-0.25, -0.2) is 14.2 Å². The van der Waals surface area contributed by atoms with Gasteiger partial charge in [-0.15, -0.1) is 11.3 Å². The van der Waals surface area contributed by atoms with E-state index in [2.05, 4.69) is 10.3 Å². The molecule has 3 N–H and O–H groups in total. The maximum atomic E-state index is 13.0. The number of carbonyl (C=O) groups is 2. The Morgan fingerprint density at radius 2 is 1.86 bits per heavy atom. The number of esters is 1. The third kappa shape index (κ3) is 6.00. The first-order valence-corrected chi connectivity index (χ1v) is 9.84. The van der Waals surface area contributed by atoms with Gasteiger partial charge in [0, 0.05) is 16.0 Å². The van der Waals surface area contributed by atoms with Crippen LogP contribution in [0.4, 0.5) is 9.18 Å². The molecule has 0 saturated carbocycles. The average Bonchev–Trinajstić information content (AvgIpc) is 3.16. The lowest BCUT2D eigenvalue weighted by molar-refractivity contribution is -0.145. The number of halogens is 2. The van der Waals surface area contributed by atoms with Gasteiger partial charge in [-0.3, -0.25) is 4.79 Å². The number of ether oxygens (including phenoxy) is 1. The number of hydrogen-bond donors (Lipinski definition) is 2. The number of carbonyl (C=O) groups excluding carboxylic acids is 2. The van der Waals surface area contributed by atoms with E-state index in [9.17, 15) is 14.0 Å². The minimum absolute atomic E-state index is 0.0135. The lowest BCUT2D eigenvalue weighted by atomic mass is 10.0. The SMILES string of the molecule is NC(=O)N[C@H](CC(=O)OCc1csc(-c2ccc(F)cc2)n1)c1ccc(Cl)cc1. The maximum absolute atomic E-state index is 13.0. The molecule has 29 heavy (non-hydrogen) atoms. The molecule has 3 aromatic rings. The molecular weight excluding hydrogens is 417 g/mol. The van der Waals surface area contributed by atoms with Crippen LogP contribution in [0, 0.1) is 5.82 Å². The number of hydrogen-bond acceptors (Lipinski definition) is 5. The van der Waals surface area contributed by atoms with E-state index in [4.69, 9.17) is 22.1 Å². The Labute approximate surface area is 175 Å². The second kappa shape index (κ2) is 9.49. The summed E-state index contributed by atoms with van der Waals surface area (Å²) in [6.07, 6.45) is -0.0977. The summed E-state index contributed by atoms with van der Waals surface area (Å²) in [5.74, 6) is -0.839. The summed E-state index contributed by atoms with van der Waals surface area (Å²) in [5.41, 5.74) is 7.24.